The van der Waals surface area contributed by atoms with Gasteiger partial charge in [0.25, 0.3) is 0 Å². The first-order valence-electron chi connectivity index (χ1n) is 6.06. The van der Waals surface area contributed by atoms with Crippen LogP contribution in [0.3, 0.4) is 0 Å². The molecular weight excluding hydrogens is 234 g/mol. The maximum Gasteiger partial charge on any atom is 0.310 e. The van der Waals surface area contributed by atoms with Crippen molar-refractivity contribution in [3.63, 3.8) is 0 Å². The van der Waals surface area contributed by atoms with Gasteiger partial charge in [-0.1, -0.05) is 13.8 Å². The van der Waals surface area contributed by atoms with Crippen LogP contribution in [0.25, 0.3) is 0 Å². The third-order valence-electron chi connectivity index (χ3n) is 3.35. The van der Waals surface area contributed by atoms with Gasteiger partial charge in [-0.2, -0.15) is 0 Å². The molecule has 18 heavy (non-hydrogen) atoms. The first-order valence-corrected chi connectivity index (χ1v) is 6.06. The summed E-state index contributed by atoms with van der Waals surface area (Å²) in [6.45, 7) is 3.86. The summed E-state index contributed by atoms with van der Waals surface area (Å²) >= 11 is 0. The number of rotatable bonds is 7. The maximum atomic E-state index is 11.8. The molecule has 1 heterocycles. The highest BCUT2D eigenvalue weighted by Gasteiger charge is 2.36. The van der Waals surface area contributed by atoms with E-state index in [-0.39, 0.29) is 18.9 Å². The van der Waals surface area contributed by atoms with Crippen LogP contribution in [0.2, 0.25) is 0 Å². The lowest BCUT2D eigenvalue weighted by atomic mass is 9.79. The zero-order valence-corrected chi connectivity index (χ0v) is 10.7. The van der Waals surface area contributed by atoms with Crippen LogP contribution in [0.1, 0.15) is 38.9 Å². The number of carbonyl (C=O) groups is 2. The van der Waals surface area contributed by atoms with Crippen LogP contribution in [-0.2, 0) is 16.1 Å². The molecule has 2 N–H and O–H groups in total. The SMILES string of the molecule is CCC(CC)(CC(=O)NCc1ccco1)C(=O)O. The van der Waals surface area contributed by atoms with E-state index in [1.165, 1.54) is 6.26 Å². The summed E-state index contributed by atoms with van der Waals surface area (Å²) in [5, 5.41) is 11.9. The van der Waals surface area contributed by atoms with Crippen molar-refractivity contribution < 1.29 is 19.1 Å². The van der Waals surface area contributed by atoms with Crippen molar-refractivity contribution in [3.05, 3.63) is 24.2 Å². The van der Waals surface area contributed by atoms with Crippen molar-refractivity contribution in [2.24, 2.45) is 5.41 Å². The molecule has 0 radical (unpaired) electrons. The molecule has 1 aromatic rings. The number of carboxylic acid groups (broad SMARTS) is 1. The van der Waals surface area contributed by atoms with Crippen LogP contribution >= 0.6 is 0 Å². The van der Waals surface area contributed by atoms with E-state index >= 15 is 0 Å². The lowest BCUT2D eigenvalue weighted by molar-refractivity contribution is -0.152. The van der Waals surface area contributed by atoms with Gasteiger partial charge in [0, 0.05) is 6.42 Å². The molecule has 5 heteroatoms. The van der Waals surface area contributed by atoms with Crippen molar-refractivity contribution in [2.45, 2.75) is 39.7 Å². The number of hydrogen-bond acceptors (Lipinski definition) is 3. The standard InChI is InChI=1S/C13H19NO4/c1-3-13(4-2,12(16)17)8-11(15)14-9-10-6-5-7-18-10/h5-7H,3-4,8-9H2,1-2H3,(H,14,15)(H,16,17). The van der Waals surface area contributed by atoms with E-state index in [9.17, 15) is 14.7 Å². The van der Waals surface area contributed by atoms with Gasteiger partial charge in [-0.3, -0.25) is 9.59 Å². The van der Waals surface area contributed by atoms with E-state index in [1.807, 2.05) is 0 Å². The molecule has 1 aromatic heterocycles. The summed E-state index contributed by atoms with van der Waals surface area (Å²) in [6.07, 6.45) is 2.40. The smallest absolute Gasteiger partial charge is 0.310 e. The molecule has 0 aromatic carbocycles. The first-order chi connectivity index (χ1) is 8.54. The molecule has 0 saturated heterocycles. The number of aliphatic carboxylic acids is 1. The minimum atomic E-state index is -0.965. The summed E-state index contributed by atoms with van der Waals surface area (Å²) in [5.41, 5.74) is -0.965. The molecule has 0 spiro atoms. The van der Waals surface area contributed by atoms with Crippen LogP contribution < -0.4 is 5.32 Å². The summed E-state index contributed by atoms with van der Waals surface area (Å²) in [6, 6.07) is 3.49. The second-order valence-electron chi connectivity index (χ2n) is 4.33. The van der Waals surface area contributed by atoms with Gasteiger partial charge in [-0.25, -0.2) is 0 Å². The number of hydrogen-bond donors (Lipinski definition) is 2. The Kier molecular flexibility index (Phi) is 4.95. The average Bonchev–Trinajstić information content (AvgIpc) is 2.86. The molecule has 1 amide bonds. The molecule has 0 aliphatic heterocycles. The Morgan fingerprint density at radius 3 is 2.50 bits per heavy atom. The largest absolute Gasteiger partial charge is 0.481 e. The monoisotopic (exact) mass is 253 g/mol. The van der Waals surface area contributed by atoms with E-state index in [2.05, 4.69) is 5.32 Å². The van der Waals surface area contributed by atoms with Gasteiger partial charge < -0.3 is 14.8 Å². The summed E-state index contributed by atoms with van der Waals surface area (Å²) in [7, 11) is 0. The molecule has 0 fully saturated rings. The molecule has 0 aliphatic rings. The fraction of sp³-hybridized carbons (Fsp3) is 0.538. The number of carboxylic acids is 1. The molecule has 5 nitrogen and oxygen atoms in total. The Hall–Kier alpha value is -1.78. The summed E-state index contributed by atoms with van der Waals surface area (Å²) in [5.74, 6) is -0.532. The van der Waals surface area contributed by atoms with Crippen LogP contribution in [-0.4, -0.2) is 17.0 Å². The van der Waals surface area contributed by atoms with E-state index in [4.69, 9.17) is 4.42 Å². The van der Waals surface area contributed by atoms with Gasteiger partial charge in [0.15, 0.2) is 0 Å². The molecule has 1 rings (SSSR count). The number of nitrogens with one attached hydrogen (secondary N) is 1. The van der Waals surface area contributed by atoms with Gasteiger partial charge in [0.05, 0.1) is 18.2 Å². The third kappa shape index (κ3) is 3.35. The third-order valence-corrected chi connectivity index (χ3v) is 3.35. The Labute approximate surface area is 106 Å². The number of amides is 1. The van der Waals surface area contributed by atoms with Crippen molar-refractivity contribution in [3.8, 4) is 0 Å². The lowest BCUT2D eigenvalue weighted by Gasteiger charge is -2.25. The van der Waals surface area contributed by atoms with Crippen molar-refractivity contribution in [2.75, 3.05) is 0 Å². The predicted molar refractivity (Wildman–Crippen MR) is 65.8 cm³/mol. The molecule has 0 atom stereocenters. The molecular formula is C13H19NO4. The minimum Gasteiger partial charge on any atom is -0.481 e. The summed E-state index contributed by atoms with van der Waals surface area (Å²) < 4.78 is 5.08. The zero-order chi connectivity index (χ0) is 13.6. The second kappa shape index (κ2) is 6.23. The normalized spacial score (nSPS) is 11.2. The average molecular weight is 253 g/mol. The van der Waals surface area contributed by atoms with Crippen molar-refractivity contribution in [1.82, 2.24) is 5.32 Å². The van der Waals surface area contributed by atoms with Crippen LogP contribution in [0.5, 0.6) is 0 Å². The lowest BCUT2D eigenvalue weighted by Crippen LogP contribution is -2.36. The molecule has 0 bridgehead atoms. The highest BCUT2D eigenvalue weighted by molar-refractivity contribution is 5.84. The molecule has 0 saturated carbocycles. The van der Waals surface area contributed by atoms with E-state index in [1.54, 1.807) is 26.0 Å². The van der Waals surface area contributed by atoms with Gasteiger partial charge in [-0.15, -0.1) is 0 Å². The Morgan fingerprint density at radius 2 is 2.06 bits per heavy atom. The maximum absolute atomic E-state index is 11.8. The minimum absolute atomic E-state index is 0.00393. The van der Waals surface area contributed by atoms with E-state index < -0.39 is 11.4 Å². The van der Waals surface area contributed by atoms with Gasteiger partial charge in [0.1, 0.15) is 5.76 Å². The van der Waals surface area contributed by atoms with Crippen LogP contribution in [0.15, 0.2) is 22.8 Å². The predicted octanol–water partition coefficient (Wildman–Crippen LogP) is 2.18. The highest BCUT2D eigenvalue weighted by atomic mass is 16.4. The van der Waals surface area contributed by atoms with Crippen molar-refractivity contribution in [1.29, 1.82) is 0 Å². The van der Waals surface area contributed by atoms with E-state index in [0.717, 1.165) is 0 Å². The highest BCUT2D eigenvalue weighted by Crippen LogP contribution is 2.30. The number of carbonyl (C=O) groups excluding carboxylic acids is 1. The topological polar surface area (TPSA) is 79.5 Å². The molecule has 100 valence electrons. The van der Waals surface area contributed by atoms with Crippen LogP contribution in [0, 0.1) is 5.41 Å². The molecule has 0 unspecified atom stereocenters. The quantitative estimate of drug-likeness (QED) is 0.780. The fourth-order valence-electron chi connectivity index (χ4n) is 1.85. The summed E-state index contributed by atoms with van der Waals surface area (Å²) in [4.78, 5) is 23.0. The zero-order valence-electron chi connectivity index (χ0n) is 10.7. The van der Waals surface area contributed by atoms with Gasteiger partial charge in [0.2, 0.25) is 5.91 Å². The Balaban J connectivity index is 2.54. The fourth-order valence-corrected chi connectivity index (χ4v) is 1.85. The Bertz CT molecular complexity index is 393. The molecule has 0 aliphatic carbocycles. The second-order valence-corrected chi connectivity index (χ2v) is 4.33. The first kappa shape index (κ1) is 14.3. The van der Waals surface area contributed by atoms with Gasteiger partial charge >= 0.3 is 5.97 Å². The number of furan rings is 1. The van der Waals surface area contributed by atoms with Gasteiger partial charge in [-0.05, 0) is 25.0 Å². The van der Waals surface area contributed by atoms with Crippen LogP contribution in [0.4, 0.5) is 0 Å². The van der Waals surface area contributed by atoms with E-state index in [0.29, 0.717) is 18.6 Å². The van der Waals surface area contributed by atoms with Crippen molar-refractivity contribution >= 4 is 11.9 Å². The Morgan fingerprint density at radius 1 is 1.39 bits per heavy atom.